The zero-order valence-corrected chi connectivity index (χ0v) is 16.2. The fourth-order valence-corrected chi connectivity index (χ4v) is 4.03. The molecular weight excluding hydrogens is 334 g/mol. The Morgan fingerprint density at radius 2 is 1.85 bits per heavy atom. The van der Waals surface area contributed by atoms with E-state index in [9.17, 15) is 0 Å². The summed E-state index contributed by atoms with van der Waals surface area (Å²) in [4.78, 5) is 7.07. The van der Waals surface area contributed by atoms with Gasteiger partial charge in [0.15, 0.2) is 0 Å². The van der Waals surface area contributed by atoms with E-state index in [0.717, 1.165) is 30.8 Å². The van der Waals surface area contributed by atoms with Gasteiger partial charge in [-0.05, 0) is 37.9 Å². The summed E-state index contributed by atoms with van der Waals surface area (Å²) in [5.41, 5.74) is 3.57. The first-order valence-corrected chi connectivity index (χ1v) is 10.1. The first-order chi connectivity index (χ1) is 13.3. The number of hydrogen-bond acceptors (Lipinski definition) is 3. The minimum absolute atomic E-state index is 0.457. The molecule has 0 N–H and O–H groups in total. The van der Waals surface area contributed by atoms with Gasteiger partial charge in [-0.25, -0.2) is 4.98 Å². The van der Waals surface area contributed by atoms with Crippen LogP contribution in [0.25, 0.3) is 11.3 Å². The summed E-state index contributed by atoms with van der Waals surface area (Å²) >= 11 is 0. The molecule has 0 radical (unpaired) electrons. The number of piperidine rings is 1. The molecule has 1 aromatic carbocycles. The molecule has 3 aromatic rings. The quantitative estimate of drug-likeness (QED) is 0.630. The number of imidazole rings is 1. The molecule has 0 unspecified atom stereocenters. The lowest BCUT2D eigenvalue weighted by Crippen LogP contribution is -2.35. The molecule has 142 valence electrons. The summed E-state index contributed by atoms with van der Waals surface area (Å²) in [6.45, 7) is 6.64. The predicted octanol–water partition coefficient (Wildman–Crippen LogP) is 4.23. The van der Waals surface area contributed by atoms with Crippen LogP contribution in [0.15, 0.2) is 55.2 Å². The van der Waals surface area contributed by atoms with Gasteiger partial charge in [-0.2, -0.15) is 5.10 Å². The van der Waals surface area contributed by atoms with Crippen molar-refractivity contribution in [2.75, 3.05) is 19.6 Å². The zero-order chi connectivity index (χ0) is 18.5. The van der Waals surface area contributed by atoms with Gasteiger partial charge in [-0.3, -0.25) is 4.68 Å². The first kappa shape index (κ1) is 18.0. The minimum Gasteiger partial charge on any atom is -0.326 e. The van der Waals surface area contributed by atoms with E-state index in [1.165, 1.54) is 37.9 Å². The van der Waals surface area contributed by atoms with Crippen LogP contribution in [-0.4, -0.2) is 43.9 Å². The van der Waals surface area contributed by atoms with E-state index < -0.39 is 0 Å². The summed E-state index contributed by atoms with van der Waals surface area (Å²) in [7, 11) is 0. The SMILES string of the molecule is CC[C@H](CN1CCCCC1)n1cncc1-c1cnn(Cc2ccccc2)c1. The van der Waals surface area contributed by atoms with Crippen molar-refractivity contribution >= 4 is 0 Å². The molecule has 4 rings (SSSR count). The van der Waals surface area contributed by atoms with E-state index in [0.29, 0.717) is 6.04 Å². The van der Waals surface area contributed by atoms with Gasteiger partial charge in [0.2, 0.25) is 0 Å². The van der Waals surface area contributed by atoms with Gasteiger partial charge in [0.25, 0.3) is 0 Å². The Balaban J connectivity index is 1.50. The van der Waals surface area contributed by atoms with Gasteiger partial charge in [-0.15, -0.1) is 0 Å². The highest BCUT2D eigenvalue weighted by Crippen LogP contribution is 2.25. The maximum atomic E-state index is 4.57. The average Bonchev–Trinajstić information content (AvgIpc) is 3.37. The zero-order valence-electron chi connectivity index (χ0n) is 16.2. The van der Waals surface area contributed by atoms with Crippen LogP contribution in [0.2, 0.25) is 0 Å². The molecule has 0 amide bonds. The van der Waals surface area contributed by atoms with Gasteiger partial charge in [0.05, 0.1) is 31.0 Å². The normalized spacial score (nSPS) is 16.5. The van der Waals surface area contributed by atoms with Gasteiger partial charge >= 0.3 is 0 Å². The maximum absolute atomic E-state index is 4.57. The first-order valence-electron chi connectivity index (χ1n) is 10.1. The van der Waals surface area contributed by atoms with E-state index in [1.54, 1.807) is 0 Å². The van der Waals surface area contributed by atoms with Crippen LogP contribution in [0.3, 0.4) is 0 Å². The molecule has 5 nitrogen and oxygen atoms in total. The number of aromatic nitrogens is 4. The number of nitrogens with zero attached hydrogens (tertiary/aromatic N) is 5. The van der Waals surface area contributed by atoms with Crippen LogP contribution in [0, 0.1) is 0 Å². The summed E-state index contributed by atoms with van der Waals surface area (Å²) in [6.07, 6.45) is 13.2. The van der Waals surface area contributed by atoms with Crippen molar-refractivity contribution in [2.45, 2.75) is 45.2 Å². The van der Waals surface area contributed by atoms with Gasteiger partial charge in [-0.1, -0.05) is 43.7 Å². The van der Waals surface area contributed by atoms with Gasteiger partial charge in [0.1, 0.15) is 0 Å². The van der Waals surface area contributed by atoms with Crippen molar-refractivity contribution in [3.05, 3.63) is 60.8 Å². The Morgan fingerprint density at radius 3 is 2.63 bits per heavy atom. The maximum Gasteiger partial charge on any atom is 0.0954 e. The topological polar surface area (TPSA) is 38.9 Å². The second-order valence-electron chi connectivity index (χ2n) is 7.52. The summed E-state index contributed by atoms with van der Waals surface area (Å²) in [5, 5.41) is 4.57. The molecule has 1 saturated heterocycles. The Kier molecular flexibility index (Phi) is 5.68. The fourth-order valence-electron chi connectivity index (χ4n) is 4.03. The third kappa shape index (κ3) is 4.30. The lowest BCUT2D eigenvalue weighted by Gasteiger charge is -2.31. The largest absolute Gasteiger partial charge is 0.326 e. The predicted molar refractivity (Wildman–Crippen MR) is 109 cm³/mol. The highest BCUT2D eigenvalue weighted by Gasteiger charge is 2.19. The average molecular weight is 364 g/mol. The van der Waals surface area contributed by atoms with Crippen molar-refractivity contribution in [3.63, 3.8) is 0 Å². The summed E-state index contributed by atoms with van der Waals surface area (Å²) in [6, 6.07) is 10.9. The van der Waals surface area contributed by atoms with E-state index in [4.69, 9.17) is 0 Å². The monoisotopic (exact) mass is 363 g/mol. The fraction of sp³-hybridized carbons (Fsp3) is 0.455. The molecule has 0 bridgehead atoms. The van der Waals surface area contributed by atoms with Crippen LogP contribution >= 0.6 is 0 Å². The Bertz CT molecular complexity index is 829. The Hall–Kier alpha value is -2.40. The molecule has 0 aliphatic carbocycles. The van der Waals surface area contributed by atoms with E-state index >= 15 is 0 Å². The molecule has 0 saturated carbocycles. The van der Waals surface area contributed by atoms with Crippen molar-refractivity contribution in [2.24, 2.45) is 0 Å². The van der Waals surface area contributed by atoms with E-state index in [2.05, 4.69) is 56.9 Å². The number of hydrogen-bond donors (Lipinski definition) is 0. The molecular formula is C22H29N5. The molecule has 1 aliphatic heterocycles. The molecule has 1 aliphatic rings. The van der Waals surface area contributed by atoms with Gasteiger partial charge < -0.3 is 9.47 Å². The molecule has 5 heteroatoms. The van der Waals surface area contributed by atoms with Crippen molar-refractivity contribution < 1.29 is 0 Å². The second kappa shape index (κ2) is 8.53. The van der Waals surface area contributed by atoms with Crippen LogP contribution in [-0.2, 0) is 6.54 Å². The van der Waals surface area contributed by atoms with Crippen LogP contribution in [0.4, 0.5) is 0 Å². The molecule has 3 heterocycles. The van der Waals surface area contributed by atoms with Crippen LogP contribution in [0.1, 0.15) is 44.2 Å². The van der Waals surface area contributed by atoms with Crippen molar-refractivity contribution in [1.82, 2.24) is 24.2 Å². The molecule has 1 atom stereocenters. The summed E-state index contributed by atoms with van der Waals surface area (Å²) < 4.78 is 4.35. The minimum atomic E-state index is 0.457. The second-order valence-corrected chi connectivity index (χ2v) is 7.52. The van der Waals surface area contributed by atoms with Crippen LogP contribution in [0.5, 0.6) is 0 Å². The highest BCUT2D eigenvalue weighted by atomic mass is 15.3. The van der Waals surface area contributed by atoms with E-state index in [-0.39, 0.29) is 0 Å². The Labute approximate surface area is 161 Å². The molecule has 1 fully saturated rings. The lowest BCUT2D eigenvalue weighted by atomic mass is 10.1. The Morgan fingerprint density at radius 1 is 1.04 bits per heavy atom. The molecule has 0 spiro atoms. The molecule has 27 heavy (non-hydrogen) atoms. The van der Waals surface area contributed by atoms with E-state index in [1.807, 2.05) is 29.5 Å². The third-order valence-corrected chi connectivity index (χ3v) is 5.56. The lowest BCUT2D eigenvalue weighted by molar-refractivity contribution is 0.194. The standard InChI is InChI=1S/C22H29N5/c1-2-21(17-25-11-7-4-8-12-25)27-18-23-14-22(27)20-13-24-26(16-20)15-19-9-5-3-6-10-19/h3,5-6,9-10,13-14,16,18,21H,2,4,7-8,11-12,15,17H2,1H3/t21-/m1/s1. The number of rotatable bonds is 7. The number of benzene rings is 1. The molecule has 2 aromatic heterocycles. The third-order valence-electron chi connectivity index (χ3n) is 5.56. The van der Waals surface area contributed by atoms with Crippen molar-refractivity contribution in [3.8, 4) is 11.3 Å². The number of likely N-dealkylation sites (tertiary alicyclic amines) is 1. The van der Waals surface area contributed by atoms with Crippen molar-refractivity contribution in [1.29, 1.82) is 0 Å². The van der Waals surface area contributed by atoms with Gasteiger partial charge in [0, 0.05) is 24.3 Å². The smallest absolute Gasteiger partial charge is 0.0954 e. The van der Waals surface area contributed by atoms with Crippen LogP contribution < -0.4 is 0 Å². The summed E-state index contributed by atoms with van der Waals surface area (Å²) in [5.74, 6) is 0. The highest BCUT2D eigenvalue weighted by molar-refractivity contribution is 5.56.